The number of carbonyl (C=O) groups excluding carboxylic acids is 5. The van der Waals surface area contributed by atoms with Gasteiger partial charge in [-0.2, -0.15) is 0 Å². The lowest BCUT2D eigenvalue weighted by atomic mass is 9.93. The zero-order valence-corrected chi connectivity index (χ0v) is 31.4. The van der Waals surface area contributed by atoms with Crippen molar-refractivity contribution in [3.8, 4) is 0 Å². The second-order valence-electron chi connectivity index (χ2n) is 14.6. The van der Waals surface area contributed by atoms with Crippen molar-refractivity contribution in [3.63, 3.8) is 0 Å². The van der Waals surface area contributed by atoms with E-state index >= 15 is 0 Å². The molecule has 0 aliphatic carbocycles. The molecule has 4 unspecified atom stereocenters. The molecule has 2 fully saturated rings. The van der Waals surface area contributed by atoms with Gasteiger partial charge >= 0.3 is 0 Å². The molecule has 1 aromatic heterocycles. The predicted molar refractivity (Wildman–Crippen MR) is 196 cm³/mol. The first-order valence-electron chi connectivity index (χ1n) is 18.1. The van der Waals surface area contributed by atoms with Crippen LogP contribution < -0.4 is 26.6 Å². The zero-order chi connectivity index (χ0) is 37.0. The van der Waals surface area contributed by atoms with E-state index in [-0.39, 0.29) is 42.9 Å². The number of rotatable bonds is 20. The molecule has 2 aromatic rings. The third-order valence-corrected chi connectivity index (χ3v) is 9.88. The summed E-state index contributed by atoms with van der Waals surface area (Å²) >= 11 is 1.52. The highest BCUT2D eigenvalue weighted by Crippen LogP contribution is 2.29. The first-order valence-corrected chi connectivity index (χ1v) is 18.9. The van der Waals surface area contributed by atoms with Crippen LogP contribution in [0, 0.1) is 11.8 Å². The van der Waals surface area contributed by atoms with Gasteiger partial charge in [-0.1, -0.05) is 58.0 Å². The number of thiazole rings is 1. The summed E-state index contributed by atoms with van der Waals surface area (Å²) in [6, 6.07) is 6.56. The van der Waals surface area contributed by atoms with Gasteiger partial charge in [0, 0.05) is 38.0 Å². The Morgan fingerprint density at radius 1 is 0.902 bits per heavy atom. The molecule has 4 rings (SSSR count). The van der Waals surface area contributed by atoms with Crippen LogP contribution in [0.15, 0.2) is 35.7 Å². The van der Waals surface area contributed by atoms with Crippen molar-refractivity contribution in [2.24, 2.45) is 11.8 Å². The molecule has 1 aromatic carbocycles. The lowest BCUT2D eigenvalue weighted by Gasteiger charge is -2.27. The summed E-state index contributed by atoms with van der Waals surface area (Å²) in [4.78, 5) is 73.5. The Bertz CT molecular complexity index is 1470. The molecule has 0 spiro atoms. The van der Waals surface area contributed by atoms with E-state index in [0.717, 1.165) is 43.3 Å². The number of epoxide rings is 1. The van der Waals surface area contributed by atoms with E-state index in [0.29, 0.717) is 31.6 Å². The summed E-state index contributed by atoms with van der Waals surface area (Å²) < 4.78 is 5.38. The number of hydrogen-bond donors (Lipinski definition) is 5. The first-order chi connectivity index (χ1) is 24.3. The van der Waals surface area contributed by atoms with Gasteiger partial charge < -0.3 is 31.3 Å². The minimum Gasteiger partial charge on any atom is -0.361 e. The lowest BCUT2D eigenvalue weighted by Crippen LogP contribution is -2.57. The van der Waals surface area contributed by atoms with Crippen molar-refractivity contribution in [1.82, 2.24) is 36.5 Å². The molecule has 0 bridgehead atoms. The Balaban J connectivity index is 1.37. The number of hydrogen-bond acceptors (Lipinski definition) is 10. The zero-order valence-electron chi connectivity index (χ0n) is 30.6. The Labute approximate surface area is 305 Å². The number of amides is 4. The van der Waals surface area contributed by atoms with Gasteiger partial charge in [-0.15, -0.1) is 11.3 Å². The summed E-state index contributed by atoms with van der Waals surface area (Å²) in [6.45, 7) is 14.2. The van der Waals surface area contributed by atoms with Gasteiger partial charge in [-0.3, -0.25) is 28.9 Å². The molecule has 14 heteroatoms. The molecule has 2 saturated heterocycles. The fourth-order valence-electron chi connectivity index (χ4n) is 5.91. The smallest absolute Gasteiger partial charge is 0.243 e. The molecule has 280 valence electrons. The summed E-state index contributed by atoms with van der Waals surface area (Å²) in [6.07, 6.45) is 1.63. The van der Waals surface area contributed by atoms with Gasteiger partial charge in [0.2, 0.25) is 23.6 Å². The molecule has 2 aliphatic rings. The number of nitrogens with one attached hydrogen (secondary N) is 5. The van der Waals surface area contributed by atoms with E-state index in [4.69, 9.17) is 4.74 Å². The minimum atomic E-state index is -1.01. The minimum absolute atomic E-state index is 0.0461. The van der Waals surface area contributed by atoms with Gasteiger partial charge in [0.15, 0.2) is 5.78 Å². The molecule has 0 saturated carbocycles. The Morgan fingerprint density at radius 3 is 2.22 bits per heavy atom. The molecular formula is C37H55N7O6S. The second-order valence-corrected chi connectivity index (χ2v) is 15.6. The van der Waals surface area contributed by atoms with E-state index in [1.54, 1.807) is 6.92 Å². The highest BCUT2D eigenvalue weighted by Gasteiger charge is 2.50. The molecule has 2 aliphatic heterocycles. The van der Waals surface area contributed by atoms with Crippen LogP contribution in [0.4, 0.5) is 0 Å². The topological polar surface area (TPSA) is 174 Å². The number of nitrogens with zero attached hydrogens (tertiary/aromatic N) is 2. The molecule has 4 amide bonds. The van der Waals surface area contributed by atoms with E-state index < -0.39 is 41.4 Å². The fraction of sp³-hybridized carbons (Fsp3) is 0.622. The van der Waals surface area contributed by atoms with Gasteiger partial charge in [0.25, 0.3) is 0 Å². The summed E-state index contributed by atoms with van der Waals surface area (Å²) in [5, 5.41) is 17.3. The first kappa shape index (κ1) is 40.1. The maximum Gasteiger partial charge on any atom is 0.243 e. The van der Waals surface area contributed by atoms with E-state index in [1.165, 1.54) is 11.3 Å². The van der Waals surface area contributed by atoms with E-state index in [1.807, 2.05) is 63.4 Å². The van der Waals surface area contributed by atoms with Crippen LogP contribution in [0.3, 0.4) is 0 Å². The van der Waals surface area contributed by atoms with Gasteiger partial charge in [-0.25, -0.2) is 4.98 Å². The number of benzene rings is 1. The number of aromatic nitrogens is 1. The monoisotopic (exact) mass is 725 g/mol. The average molecular weight is 726 g/mol. The normalized spacial score (nSPS) is 19.2. The highest BCUT2D eigenvalue weighted by atomic mass is 32.1. The van der Waals surface area contributed by atoms with Gasteiger partial charge in [0.05, 0.1) is 37.9 Å². The van der Waals surface area contributed by atoms with Gasteiger partial charge in [-0.05, 0) is 43.6 Å². The van der Waals surface area contributed by atoms with Crippen LogP contribution in [0.1, 0.15) is 70.1 Å². The number of piperazine rings is 1. The highest BCUT2D eigenvalue weighted by molar-refractivity contribution is 7.09. The Morgan fingerprint density at radius 2 is 1.57 bits per heavy atom. The van der Waals surface area contributed by atoms with Crippen molar-refractivity contribution < 1.29 is 28.7 Å². The van der Waals surface area contributed by atoms with Gasteiger partial charge in [0.1, 0.15) is 22.7 Å². The third kappa shape index (κ3) is 13.4. The third-order valence-electron chi connectivity index (χ3n) is 8.99. The number of ketones is 1. The van der Waals surface area contributed by atoms with Crippen LogP contribution >= 0.6 is 11.3 Å². The Hall–Kier alpha value is -3.72. The molecular weight excluding hydrogens is 671 g/mol. The SMILES string of the molecule is CC(C)CCC(NC(=O)CNC(=O)Cc1csc(CN2CCNCC2)n1)C(=O)NC(Cc1ccccc1)C(=O)NC(CC(C)C)C(=O)C1(C)CO1. The van der Waals surface area contributed by atoms with Crippen molar-refractivity contribution in [3.05, 3.63) is 52.0 Å². The standard InChI is InChI=1S/C37H55N7O6S/c1-24(2)11-12-28(41-32(46)20-39-31(45)19-27-22-51-33(40-27)21-44-15-13-38-14-16-44)35(48)43-30(18-26-9-7-6-8-10-26)36(49)42-29(17-25(3)4)34(47)37(5)23-50-37/h6-10,22,24-25,28-30,38H,11-21,23H2,1-5H3,(H,39,45)(H,41,46)(H,42,49)(H,43,48). The number of Topliss-reactive ketones (excluding diaryl/α,β-unsaturated/α-hetero) is 1. The predicted octanol–water partition coefficient (Wildman–Crippen LogP) is 1.74. The van der Waals surface area contributed by atoms with Crippen molar-refractivity contribution in [2.75, 3.05) is 39.3 Å². The largest absolute Gasteiger partial charge is 0.361 e. The number of ether oxygens (including phenoxy) is 1. The van der Waals surface area contributed by atoms with E-state index in [2.05, 4.69) is 36.5 Å². The molecule has 4 atom stereocenters. The molecule has 51 heavy (non-hydrogen) atoms. The van der Waals surface area contributed by atoms with Crippen LogP contribution in [0.25, 0.3) is 0 Å². The fourth-order valence-corrected chi connectivity index (χ4v) is 6.74. The maximum atomic E-state index is 13.8. The Kier molecular flexibility index (Phi) is 15.1. The van der Waals surface area contributed by atoms with Crippen molar-refractivity contribution in [1.29, 1.82) is 0 Å². The second kappa shape index (κ2) is 19.2. The molecule has 13 nitrogen and oxygen atoms in total. The van der Waals surface area contributed by atoms with Crippen LogP contribution in [0.5, 0.6) is 0 Å². The van der Waals surface area contributed by atoms with Crippen molar-refractivity contribution >= 4 is 40.7 Å². The average Bonchev–Trinajstić information content (AvgIpc) is 3.70. The lowest BCUT2D eigenvalue weighted by molar-refractivity contribution is -0.134. The summed E-state index contributed by atoms with van der Waals surface area (Å²) in [5.74, 6) is -1.68. The summed E-state index contributed by atoms with van der Waals surface area (Å²) in [5.41, 5.74) is 0.556. The van der Waals surface area contributed by atoms with Crippen LogP contribution in [-0.2, 0) is 48.1 Å². The van der Waals surface area contributed by atoms with Crippen LogP contribution in [-0.4, -0.2) is 102 Å². The molecule has 0 radical (unpaired) electrons. The number of carbonyl (C=O) groups is 5. The maximum absolute atomic E-state index is 13.8. The quantitative estimate of drug-likeness (QED) is 0.128. The summed E-state index contributed by atoms with van der Waals surface area (Å²) in [7, 11) is 0. The molecule has 5 N–H and O–H groups in total. The molecule has 3 heterocycles. The van der Waals surface area contributed by atoms with Crippen molar-refractivity contribution in [2.45, 2.75) is 97.0 Å². The van der Waals surface area contributed by atoms with E-state index in [9.17, 15) is 24.0 Å². The van der Waals surface area contributed by atoms with Crippen LogP contribution in [0.2, 0.25) is 0 Å².